The first kappa shape index (κ1) is 35.7. The molecule has 4 aromatic carbocycles. The van der Waals surface area contributed by atoms with Gasteiger partial charge in [0, 0.05) is 5.41 Å². The van der Waals surface area contributed by atoms with Gasteiger partial charge >= 0.3 is 0 Å². The third kappa shape index (κ3) is 12.2. The zero-order valence-electron chi connectivity index (χ0n) is 27.3. The Bertz CT molecular complexity index is 1460. The van der Waals surface area contributed by atoms with E-state index in [2.05, 4.69) is 6.58 Å². The molecule has 0 spiro atoms. The SMILES string of the molecule is C=C(OCC(C)(C)CO)[C@H](OCc1ccccc1)[C@@H](OCc1ccccc1)[C@H](OCc1ccccc1)C(=O)COCc1ccccc1. The molecule has 0 radical (unpaired) electrons. The molecule has 47 heavy (non-hydrogen) atoms. The first-order chi connectivity index (χ1) is 22.8. The number of carbonyl (C=O) groups is 1. The fraction of sp³-hybridized carbons (Fsp3) is 0.325. The Hall–Kier alpha value is -4.11. The first-order valence-corrected chi connectivity index (χ1v) is 15.9. The molecule has 0 aromatic heterocycles. The van der Waals surface area contributed by atoms with E-state index in [-0.39, 0.29) is 57.8 Å². The maximum Gasteiger partial charge on any atom is 0.189 e. The summed E-state index contributed by atoms with van der Waals surface area (Å²) in [7, 11) is 0. The van der Waals surface area contributed by atoms with Crippen LogP contribution in [-0.4, -0.2) is 49.0 Å². The Morgan fingerprint density at radius 3 is 1.49 bits per heavy atom. The van der Waals surface area contributed by atoms with E-state index in [1.807, 2.05) is 135 Å². The Morgan fingerprint density at radius 1 is 0.638 bits per heavy atom. The highest BCUT2D eigenvalue weighted by Crippen LogP contribution is 2.26. The van der Waals surface area contributed by atoms with Crippen LogP contribution in [0.1, 0.15) is 36.1 Å². The molecule has 1 N–H and O–H groups in total. The normalized spacial score (nSPS) is 13.4. The zero-order chi connectivity index (χ0) is 33.3. The van der Waals surface area contributed by atoms with Crippen molar-refractivity contribution < 1.29 is 33.6 Å². The average Bonchev–Trinajstić information content (AvgIpc) is 3.11. The monoisotopic (exact) mass is 638 g/mol. The standard InChI is InChI=1S/C40H46O7/c1-31(47-30-40(2,3)29-41)37(44-25-33-18-10-5-11-19-33)39(46-27-35-22-14-7-15-23-35)38(45-26-34-20-12-6-13-21-34)36(42)28-43-24-32-16-8-4-9-17-32/h4-23,37-39,41H,1,24-30H2,2-3H3/t37-,38+,39+/m0/s1. The smallest absolute Gasteiger partial charge is 0.189 e. The van der Waals surface area contributed by atoms with Crippen molar-refractivity contribution in [1.82, 2.24) is 0 Å². The predicted octanol–water partition coefficient (Wildman–Crippen LogP) is 7.08. The zero-order valence-corrected chi connectivity index (χ0v) is 27.3. The Morgan fingerprint density at radius 2 is 1.04 bits per heavy atom. The quantitative estimate of drug-likeness (QED) is 0.0977. The van der Waals surface area contributed by atoms with Gasteiger partial charge in [-0.05, 0) is 22.3 Å². The van der Waals surface area contributed by atoms with Crippen LogP contribution in [0.25, 0.3) is 0 Å². The van der Waals surface area contributed by atoms with Crippen LogP contribution in [0.3, 0.4) is 0 Å². The van der Waals surface area contributed by atoms with Gasteiger partial charge in [0.05, 0.1) is 39.6 Å². The van der Waals surface area contributed by atoms with Crippen molar-refractivity contribution in [2.24, 2.45) is 5.41 Å². The number of carbonyl (C=O) groups excluding carboxylic acids is 1. The van der Waals surface area contributed by atoms with Crippen LogP contribution in [0.15, 0.2) is 134 Å². The van der Waals surface area contributed by atoms with Gasteiger partial charge in [-0.2, -0.15) is 0 Å². The number of aliphatic hydroxyl groups is 1. The maximum absolute atomic E-state index is 14.1. The minimum atomic E-state index is -1.10. The van der Waals surface area contributed by atoms with E-state index in [0.29, 0.717) is 0 Å². The van der Waals surface area contributed by atoms with Crippen molar-refractivity contribution in [2.45, 2.75) is 58.6 Å². The molecule has 0 aliphatic rings. The van der Waals surface area contributed by atoms with E-state index in [1.165, 1.54) is 0 Å². The molecule has 7 heteroatoms. The third-order valence-electron chi connectivity index (χ3n) is 7.49. The van der Waals surface area contributed by atoms with Crippen LogP contribution >= 0.6 is 0 Å². The van der Waals surface area contributed by atoms with Crippen LogP contribution in [0.4, 0.5) is 0 Å². The van der Waals surface area contributed by atoms with Gasteiger partial charge in [0.2, 0.25) is 0 Å². The molecule has 0 amide bonds. The molecule has 7 nitrogen and oxygen atoms in total. The Kier molecular flexibility index (Phi) is 14.4. The summed E-state index contributed by atoms with van der Waals surface area (Å²) in [4.78, 5) is 14.1. The lowest BCUT2D eigenvalue weighted by atomic mass is 9.96. The van der Waals surface area contributed by atoms with E-state index < -0.39 is 23.7 Å². The number of Topliss-reactive ketones (excluding diaryl/α,β-unsaturated/α-hetero) is 1. The van der Waals surface area contributed by atoms with E-state index in [4.69, 9.17) is 23.7 Å². The fourth-order valence-corrected chi connectivity index (χ4v) is 4.70. The number of ether oxygens (including phenoxy) is 5. The van der Waals surface area contributed by atoms with Gasteiger partial charge in [0.1, 0.15) is 30.7 Å². The number of aliphatic hydroxyl groups excluding tert-OH is 1. The Labute approximate surface area is 278 Å². The van der Waals surface area contributed by atoms with E-state index in [9.17, 15) is 9.90 Å². The molecule has 248 valence electrons. The average molecular weight is 639 g/mol. The Balaban J connectivity index is 1.66. The number of hydrogen-bond acceptors (Lipinski definition) is 7. The number of rotatable bonds is 21. The van der Waals surface area contributed by atoms with E-state index >= 15 is 0 Å². The molecule has 0 unspecified atom stereocenters. The highest BCUT2D eigenvalue weighted by atomic mass is 16.6. The summed E-state index contributed by atoms with van der Waals surface area (Å²) in [6.07, 6.45) is -2.96. The summed E-state index contributed by atoms with van der Waals surface area (Å²) in [5.41, 5.74) is 3.18. The minimum absolute atomic E-state index is 0.0796. The van der Waals surface area contributed by atoms with Crippen molar-refractivity contribution >= 4 is 5.78 Å². The summed E-state index contributed by atoms with van der Waals surface area (Å²) in [6, 6.07) is 38.8. The van der Waals surface area contributed by atoms with E-state index in [0.717, 1.165) is 22.3 Å². The number of benzene rings is 4. The second-order valence-corrected chi connectivity index (χ2v) is 12.2. The summed E-state index contributed by atoms with van der Waals surface area (Å²) in [5.74, 6) is -0.0291. The van der Waals surface area contributed by atoms with Crippen molar-refractivity contribution in [2.75, 3.05) is 19.8 Å². The molecule has 4 aromatic rings. The van der Waals surface area contributed by atoms with Gasteiger partial charge in [-0.25, -0.2) is 0 Å². The van der Waals surface area contributed by atoms with Crippen molar-refractivity contribution in [3.8, 4) is 0 Å². The van der Waals surface area contributed by atoms with Crippen LogP contribution in [0.5, 0.6) is 0 Å². The third-order valence-corrected chi connectivity index (χ3v) is 7.49. The highest BCUT2D eigenvalue weighted by molar-refractivity contribution is 5.85. The topological polar surface area (TPSA) is 83.5 Å². The largest absolute Gasteiger partial charge is 0.495 e. The second kappa shape index (κ2) is 18.9. The molecule has 0 saturated heterocycles. The first-order valence-electron chi connectivity index (χ1n) is 15.9. The number of hydrogen-bond donors (Lipinski definition) is 1. The van der Waals surface area contributed by atoms with Gasteiger partial charge in [0.25, 0.3) is 0 Å². The summed E-state index contributed by atoms with van der Waals surface area (Å²) in [5, 5.41) is 9.88. The van der Waals surface area contributed by atoms with Gasteiger partial charge in [-0.3, -0.25) is 4.79 Å². The summed E-state index contributed by atoms with van der Waals surface area (Å²) < 4.78 is 31.6. The van der Waals surface area contributed by atoms with Gasteiger partial charge in [0.15, 0.2) is 5.78 Å². The summed E-state index contributed by atoms with van der Waals surface area (Å²) >= 11 is 0. The molecule has 0 aliphatic carbocycles. The highest BCUT2D eigenvalue weighted by Gasteiger charge is 2.40. The van der Waals surface area contributed by atoms with Crippen LogP contribution in [0.2, 0.25) is 0 Å². The fourth-order valence-electron chi connectivity index (χ4n) is 4.70. The lowest BCUT2D eigenvalue weighted by Gasteiger charge is -2.34. The molecule has 0 bridgehead atoms. The van der Waals surface area contributed by atoms with E-state index in [1.54, 1.807) is 0 Å². The van der Waals surface area contributed by atoms with Gasteiger partial charge in [-0.15, -0.1) is 0 Å². The second-order valence-electron chi connectivity index (χ2n) is 12.2. The van der Waals surface area contributed by atoms with Gasteiger partial charge in [-0.1, -0.05) is 142 Å². The molecule has 0 heterocycles. The molecule has 0 fully saturated rings. The summed E-state index contributed by atoms with van der Waals surface area (Å²) in [6.45, 7) is 8.76. The maximum atomic E-state index is 14.1. The van der Waals surface area contributed by atoms with Crippen LogP contribution in [0, 0.1) is 5.41 Å². The van der Waals surface area contributed by atoms with Crippen LogP contribution in [-0.2, 0) is 54.9 Å². The van der Waals surface area contributed by atoms with Gasteiger partial charge < -0.3 is 28.8 Å². The molecule has 3 atom stereocenters. The predicted molar refractivity (Wildman–Crippen MR) is 182 cm³/mol. The lowest BCUT2D eigenvalue weighted by molar-refractivity contribution is -0.170. The molecule has 4 rings (SSSR count). The molecular weight excluding hydrogens is 592 g/mol. The molecule has 0 saturated carbocycles. The molecule has 0 aliphatic heterocycles. The number of ketones is 1. The lowest BCUT2D eigenvalue weighted by Crippen LogP contribution is -2.49. The van der Waals surface area contributed by atoms with Crippen molar-refractivity contribution in [3.05, 3.63) is 156 Å². The van der Waals surface area contributed by atoms with Crippen LogP contribution < -0.4 is 0 Å². The van der Waals surface area contributed by atoms with Crippen molar-refractivity contribution in [3.63, 3.8) is 0 Å². The van der Waals surface area contributed by atoms with Crippen molar-refractivity contribution in [1.29, 1.82) is 0 Å². The molecular formula is C40H46O7. The minimum Gasteiger partial charge on any atom is -0.495 e.